The molecule has 0 saturated heterocycles. The minimum atomic E-state index is -0.671. The molecular formula is C27H44O4. The minimum absolute atomic E-state index is 0.187. The Morgan fingerprint density at radius 2 is 1.77 bits per heavy atom. The fraction of sp³-hybridized carbons (Fsp3) is 0.852. The molecule has 3 N–H and O–H groups in total. The highest BCUT2D eigenvalue weighted by atomic mass is 16.5. The fourth-order valence-electron chi connectivity index (χ4n) is 7.04. The van der Waals surface area contributed by atoms with E-state index in [4.69, 9.17) is 4.74 Å². The Balaban J connectivity index is 1.41. The van der Waals surface area contributed by atoms with Gasteiger partial charge < -0.3 is 20.1 Å². The lowest BCUT2D eigenvalue weighted by atomic mass is 9.62. The number of fused-ring (bicyclic) bond motifs is 1. The van der Waals surface area contributed by atoms with Crippen LogP contribution < -0.4 is 0 Å². The van der Waals surface area contributed by atoms with Crippen molar-refractivity contribution in [2.75, 3.05) is 6.61 Å². The van der Waals surface area contributed by atoms with Crippen molar-refractivity contribution in [3.05, 3.63) is 23.3 Å². The highest BCUT2D eigenvalue weighted by Crippen LogP contribution is 2.59. The van der Waals surface area contributed by atoms with Crippen LogP contribution in [-0.4, -0.2) is 45.8 Å². The second kappa shape index (κ2) is 8.59. The first-order valence-electron chi connectivity index (χ1n) is 12.6. The van der Waals surface area contributed by atoms with Crippen LogP contribution in [0.1, 0.15) is 91.9 Å². The topological polar surface area (TPSA) is 69.9 Å². The normalized spacial score (nSPS) is 39.6. The molecule has 4 fully saturated rings. The molecule has 0 aromatic carbocycles. The van der Waals surface area contributed by atoms with Gasteiger partial charge in [0.05, 0.1) is 23.9 Å². The first-order valence-corrected chi connectivity index (χ1v) is 12.6. The van der Waals surface area contributed by atoms with Gasteiger partial charge in [0.2, 0.25) is 0 Å². The van der Waals surface area contributed by atoms with E-state index in [1.165, 1.54) is 37.7 Å². The molecule has 3 unspecified atom stereocenters. The third-order valence-corrected chi connectivity index (χ3v) is 9.30. The van der Waals surface area contributed by atoms with E-state index in [0.717, 1.165) is 25.7 Å². The maximum atomic E-state index is 10.5. The summed E-state index contributed by atoms with van der Waals surface area (Å²) in [5, 5.41) is 31.0. The van der Waals surface area contributed by atoms with Crippen molar-refractivity contribution in [1.29, 1.82) is 0 Å². The molecule has 1 spiro atoms. The number of aliphatic hydroxyl groups excluding tert-OH is 2. The van der Waals surface area contributed by atoms with Crippen molar-refractivity contribution in [3.8, 4) is 0 Å². The Kier molecular flexibility index (Phi) is 6.51. The van der Waals surface area contributed by atoms with Crippen LogP contribution in [0.15, 0.2) is 23.3 Å². The van der Waals surface area contributed by atoms with Crippen LogP contribution >= 0.6 is 0 Å². The maximum absolute atomic E-state index is 10.5. The molecule has 0 aliphatic heterocycles. The van der Waals surface area contributed by atoms with Gasteiger partial charge in [0.15, 0.2) is 0 Å². The quantitative estimate of drug-likeness (QED) is 0.557. The van der Waals surface area contributed by atoms with E-state index in [9.17, 15) is 15.3 Å². The zero-order valence-electron chi connectivity index (χ0n) is 20.1. The van der Waals surface area contributed by atoms with Gasteiger partial charge in [-0.3, -0.25) is 0 Å². The summed E-state index contributed by atoms with van der Waals surface area (Å²) in [6.45, 7) is 8.99. The Morgan fingerprint density at radius 3 is 2.39 bits per heavy atom. The Bertz CT molecular complexity index is 697. The van der Waals surface area contributed by atoms with Gasteiger partial charge >= 0.3 is 0 Å². The molecule has 176 valence electrons. The predicted octanol–water partition coefficient (Wildman–Crippen LogP) is 4.92. The molecular weight excluding hydrogens is 388 g/mol. The lowest BCUT2D eigenvalue weighted by Crippen LogP contribution is -2.39. The third kappa shape index (κ3) is 4.69. The predicted molar refractivity (Wildman–Crippen MR) is 124 cm³/mol. The smallest absolute Gasteiger partial charge is 0.0658 e. The van der Waals surface area contributed by atoms with E-state index >= 15 is 0 Å². The molecule has 31 heavy (non-hydrogen) atoms. The summed E-state index contributed by atoms with van der Waals surface area (Å²) in [4.78, 5) is 0. The lowest BCUT2D eigenvalue weighted by molar-refractivity contribution is -0.0454. The largest absolute Gasteiger partial charge is 0.392 e. The molecule has 4 aliphatic carbocycles. The van der Waals surface area contributed by atoms with E-state index in [0.29, 0.717) is 24.9 Å². The van der Waals surface area contributed by atoms with Gasteiger partial charge in [-0.2, -0.15) is 0 Å². The molecule has 6 atom stereocenters. The highest BCUT2D eigenvalue weighted by Gasteiger charge is 2.56. The molecule has 4 nitrogen and oxygen atoms in total. The number of rotatable bonds is 6. The number of hydrogen-bond acceptors (Lipinski definition) is 4. The summed E-state index contributed by atoms with van der Waals surface area (Å²) < 4.78 is 6.21. The Labute approximate surface area is 188 Å². The van der Waals surface area contributed by atoms with Crippen molar-refractivity contribution < 1.29 is 20.1 Å². The minimum Gasteiger partial charge on any atom is -0.392 e. The van der Waals surface area contributed by atoms with Gasteiger partial charge in [0.1, 0.15) is 0 Å². The van der Waals surface area contributed by atoms with Crippen LogP contribution in [0.4, 0.5) is 0 Å². The van der Waals surface area contributed by atoms with Gasteiger partial charge in [-0.25, -0.2) is 0 Å². The highest BCUT2D eigenvalue weighted by molar-refractivity contribution is 5.28. The van der Waals surface area contributed by atoms with E-state index in [1.807, 2.05) is 13.8 Å². The molecule has 0 aromatic heterocycles. The van der Waals surface area contributed by atoms with Crippen molar-refractivity contribution in [2.45, 2.75) is 116 Å². The molecule has 0 radical (unpaired) electrons. The summed E-state index contributed by atoms with van der Waals surface area (Å²) in [7, 11) is 0. The number of ether oxygens (including phenoxy) is 1. The van der Waals surface area contributed by atoms with E-state index in [2.05, 4.69) is 26.0 Å². The molecule has 4 heteroatoms. The SMILES string of the molecule is C[C@@H](OCCC(C)(C)O)C1CCC2/C(=C/C=C3C[C@@H](O)C4(CC4)[C@H](O)C3)CCCC21C. The summed E-state index contributed by atoms with van der Waals surface area (Å²) in [6, 6.07) is 0. The van der Waals surface area contributed by atoms with Crippen molar-refractivity contribution in [3.63, 3.8) is 0 Å². The zero-order valence-corrected chi connectivity index (χ0v) is 20.1. The molecule has 4 rings (SSSR count). The van der Waals surface area contributed by atoms with Crippen LogP contribution in [0.3, 0.4) is 0 Å². The standard InChI is InChI=1S/C27H44O4/c1-18(31-15-14-25(2,3)30)21-9-10-22-20(6-5-11-26(21,22)4)8-7-19-16-23(28)27(12-13-27)24(29)17-19/h7-8,18,21-24,28-30H,5-6,9-17H2,1-4H3/b20-8+/t18-,21?,22?,23-,24-,26?/m1/s1. The van der Waals surface area contributed by atoms with Gasteiger partial charge in [0.25, 0.3) is 0 Å². The monoisotopic (exact) mass is 432 g/mol. The Hall–Kier alpha value is -0.680. The van der Waals surface area contributed by atoms with Crippen LogP contribution in [0.25, 0.3) is 0 Å². The average molecular weight is 433 g/mol. The molecule has 0 aromatic rings. The van der Waals surface area contributed by atoms with Crippen LogP contribution in [0, 0.1) is 22.7 Å². The summed E-state index contributed by atoms with van der Waals surface area (Å²) in [5.74, 6) is 1.17. The number of allylic oxidation sites excluding steroid dienone is 3. The van der Waals surface area contributed by atoms with Crippen LogP contribution in [-0.2, 0) is 4.74 Å². The van der Waals surface area contributed by atoms with Gasteiger partial charge in [-0.15, -0.1) is 0 Å². The lowest BCUT2D eigenvalue weighted by Gasteiger charge is -2.44. The fourth-order valence-corrected chi connectivity index (χ4v) is 7.04. The van der Waals surface area contributed by atoms with E-state index in [1.54, 1.807) is 5.57 Å². The van der Waals surface area contributed by atoms with Crippen molar-refractivity contribution >= 4 is 0 Å². The second-order valence-corrected chi connectivity index (χ2v) is 12.0. The molecule has 0 heterocycles. The van der Waals surface area contributed by atoms with Crippen molar-refractivity contribution in [1.82, 2.24) is 0 Å². The average Bonchev–Trinajstić information content (AvgIpc) is 3.40. The van der Waals surface area contributed by atoms with Gasteiger partial charge in [-0.1, -0.05) is 30.2 Å². The molecule has 0 amide bonds. The zero-order chi connectivity index (χ0) is 22.4. The van der Waals surface area contributed by atoms with E-state index in [-0.39, 0.29) is 29.1 Å². The Morgan fingerprint density at radius 1 is 1.10 bits per heavy atom. The maximum Gasteiger partial charge on any atom is 0.0658 e. The molecule has 0 bridgehead atoms. The van der Waals surface area contributed by atoms with Gasteiger partial charge in [-0.05, 0) is 102 Å². The van der Waals surface area contributed by atoms with Crippen LogP contribution in [0.2, 0.25) is 0 Å². The third-order valence-electron chi connectivity index (χ3n) is 9.30. The van der Waals surface area contributed by atoms with E-state index < -0.39 is 5.60 Å². The first-order chi connectivity index (χ1) is 14.6. The summed E-state index contributed by atoms with van der Waals surface area (Å²) in [6.07, 6.45) is 14.2. The number of hydrogen-bond donors (Lipinski definition) is 3. The number of aliphatic hydroxyl groups is 3. The van der Waals surface area contributed by atoms with Crippen LogP contribution in [0.5, 0.6) is 0 Å². The summed E-state index contributed by atoms with van der Waals surface area (Å²) >= 11 is 0. The van der Waals surface area contributed by atoms with Gasteiger partial charge in [0, 0.05) is 12.0 Å². The first kappa shape index (κ1) is 23.5. The molecule has 4 aliphatic rings. The molecule has 4 saturated carbocycles. The summed E-state index contributed by atoms with van der Waals surface area (Å²) in [5.41, 5.74) is 2.18. The van der Waals surface area contributed by atoms with Crippen molar-refractivity contribution in [2.24, 2.45) is 22.7 Å². The second-order valence-electron chi connectivity index (χ2n) is 12.0.